The Hall–Kier alpha value is -3.45. The molecule has 0 unspecified atom stereocenters. The van der Waals surface area contributed by atoms with Crippen LogP contribution in [0.2, 0.25) is 0 Å². The van der Waals surface area contributed by atoms with Crippen LogP contribution in [-0.2, 0) is 0 Å². The number of rotatable bonds is 4. The molecule has 2 aromatic heterocycles. The van der Waals surface area contributed by atoms with Crippen LogP contribution >= 0.6 is 0 Å². The highest BCUT2D eigenvalue weighted by Crippen LogP contribution is 2.35. The fourth-order valence-electron chi connectivity index (χ4n) is 4.54. The average Bonchev–Trinajstić information content (AvgIpc) is 3.21. The maximum atomic E-state index is 6.31. The van der Waals surface area contributed by atoms with E-state index in [1.165, 1.54) is 6.33 Å². The van der Waals surface area contributed by atoms with Crippen molar-refractivity contribution in [3.8, 4) is 22.8 Å². The van der Waals surface area contributed by atoms with Crippen molar-refractivity contribution in [3.05, 3.63) is 60.9 Å². The van der Waals surface area contributed by atoms with Crippen molar-refractivity contribution in [2.45, 2.75) is 45.2 Å². The number of aromatic nitrogens is 4. The number of anilines is 1. The predicted molar refractivity (Wildman–Crippen MR) is 131 cm³/mol. The first-order chi connectivity index (χ1) is 15.9. The second-order valence-corrected chi connectivity index (χ2v) is 9.58. The zero-order valence-electron chi connectivity index (χ0n) is 19.4. The Kier molecular flexibility index (Phi) is 5.50. The number of hydrogen-bond donors (Lipinski definition) is 1. The van der Waals surface area contributed by atoms with Gasteiger partial charge in [-0.3, -0.25) is 4.90 Å². The fourth-order valence-corrected chi connectivity index (χ4v) is 4.54. The van der Waals surface area contributed by atoms with Crippen LogP contribution in [0.15, 0.2) is 60.9 Å². The third-order valence-corrected chi connectivity index (χ3v) is 6.38. The highest BCUT2D eigenvalue weighted by molar-refractivity contribution is 5.98. The van der Waals surface area contributed by atoms with Gasteiger partial charge < -0.3 is 10.5 Å². The van der Waals surface area contributed by atoms with Crippen LogP contribution in [0.3, 0.4) is 0 Å². The maximum absolute atomic E-state index is 6.31. The van der Waals surface area contributed by atoms with Crippen molar-refractivity contribution in [2.24, 2.45) is 0 Å². The Balaban J connectivity index is 1.46. The highest BCUT2D eigenvalue weighted by Gasteiger charge is 2.30. The number of fused-ring (bicyclic) bond motifs is 1. The van der Waals surface area contributed by atoms with Gasteiger partial charge in [0.15, 0.2) is 5.65 Å². The van der Waals surface area contributed by atoms with E-state index in [-0.39, 0.29) is 11.6 Å². The highest BCUT2D eigenvalue weighted by atomic mass is 16.5. The standard InChI is InChI=1S/C26H30N6O/c1-26(2,3)31-15-13-19(14-16-31)32-25-22(24(27)28-17-29-25)23(30-32)18-9-11-21(12-10-18)33-20-7-5-4-6-8-20/h4-12,17,19H,13-16H2,1-3H3,(H2,27,28,29). The Bertz CT molecular complexity index is 1240. The molecular weight excluding hydrogens is 412 g/mol. The Morgan fingerprint density at radius 2 is 1.58 bits per heavy atom. The molecule has 0 atom stereocenters. The molecule has 0 bridgehead atoms. The molecule has 1 fully saturated rings. The van der Waals surface area contributed by atoms with E-state index in [2.05, 4.69) is 40.3 Å². The summed E-state index contributed by atoms with van der Waals surface area (Å²) >= 11 is 0. The van der Waals surface area contributed by atoms with Crippen LogP contribution < -0.4 is 10.5 Å². The molecule has 0 radical (unpaired) electrons. The second-order valence-electron chi connectivity index (χ2n) is 9.58. The minimum absolute atomic E-state index is 0.179. The van der Waals surface area contributed by atoms with Crippen molar-refractivity contribution in [3.63, 3.8) is 0 Å². The first-order valence-electron chi connectivity index (χ1n) is 11.5. The molecule has 4 aromatic rings. The number of para-hydroxylation sites is 1. The molecule has 7 heteroatoms. The number of nitrogens with zero attached hydrogens (tertiary/aromatic N) is 5. The van der Waals surface area contributed by atoms with Gasteiger partial charge in [-0.1, -0.05) is 18.2 Å². The number of nitrogens with two attached hydrogens (primary N) is 1. The summed E-state index contributed by atoms with van der Waals surface area (Å²) in [7, 11) is 0. The minimum atomic E-state index is 0.179. The molecule has 0 saturated carbocycles. The molecule has 0 spiro atoms. The molecule has 7 nitrogen and oxygen atoms in total. The first-order valence-corrected chi connectivity index (χ1v) is 11.5. The number of nitrogen functional groups attached to an aromatic ring is 1. The summed E-state index contributed by atoms with van der Waals surface area (Å²) in [4.78, 5) is 11.4. The lowest BCUT2D eigenvalue weighted by Crippen LogP contribution is -2.46. The first kappa shape index (κ1) is 21.4. The molecule has 0 amide bonds. The molecular formula is C26H30N6O. The smallest absolute Gasteiger partial charge is 0.164 e. The molecule has 2 aromatic carbocycles. The molecule has 0 aliphatic carbocycles. The van der Waals surface area contributed by atoms with Gasteiger partial charge in [-0.05, 0) is 70.0 Å². The van der Waals surface area contributed by atoms with E-state index in [0.29, 0.717) is 5.82 Å². The third kappa shape index (κ3) is 4.28. The van der Waals surface area contributed by atoms with Crippen LogP contribution in [0.25, 0.3) is 22.3 Å². The molecule has 3 heterocycles. The number of piperidine rings is 1. The van der Waals surface area contributed by atoms with Crippen molar-refractivity contribution in [1.82, 2.24) is 24.6 Å². The van der Waals surface area contributed by atoms with Gasteiger partial charge in [-0.25, -0.2) is 14.6 Å². The quantitative estimate of drug-likeness (QED) is 0.462. The SMILES string of the molecule is CC(C)(C)N1CCC(n2nc(-c3ccc(Oc4ccccc4)cc3)c3c(N)ncnc32)CC1. The Morgan fingerprint density at radius 1 is 0.909 bits per heavy atom. The van der Waals surface area contributed by atoms with E-state index in [1.807, 2.05) is 54.6 Å². The maximum Gasteiger partial charge on any atom is 0.164 e. The number of ether oxygens (including phenoxy) is 1. The number of benzene rings is 2. The van der Waals surface area contributed by atoms with E-state index < -0.39 is 0 Å². The van der Waals surface area contributed by atoms with Crippen molar-refractivity contribution < 1.29 is 4.74 Å². The summed E-state index contributed by atoms with van der Waals surface area (Å²) in [6, 6.07) is 18.0. The van der Waals surface area contributed by atoms with Crippen LogP contribution in [0, 0.1) is 0 Å². The second kappa shape index (κ2) is 8.48. The molecule has 1 aliphatic heterocycles. The van der Waals surface area contributed by atoms with Gasteiger partial charge in [0, 0.05) is 24.2 Å². The molecule has 170 valence electrons. The summed E-state index contributed by atoms with van der Waals surface area (Å²) in [5, 5.41) is 5.83. The summed E-state index contributed by atoms with van der Waals surface area (Å²) in [5.41, 5.74) is 9.07. The van der Waals surface area contributed by atoms with Crippen LogP contribution in [0.1, 0.15) is 39.7 Å². The number of likely N-dealkylation sites (tertiary alicyclic amines) is 1. The van der Waals surface area contributed by atoms with Crippen molar-refractivity contribution >= 4 is 16.9 Å². The summed E-state index contributed by atoms with van der Waals surface area (Å²) in [6.45, 7) is 8.89. The Labute approximate surface area is 194 Å². The number of hydrogen-bond acceptors (Lipinski definition) is 6. The average molecular weight is 443 g/mol. The minimum Gasteiger partial charge on any atom is -0.457 e. The summed E-state index contributed by atoms with van der Waals surface area (Å²) in [5.74, 6) is 2.03. The molecule has 5 rings (SSSR count). The molecule has 1 saturated heterocycles. The van der Waals surface area contributed by atoms with Gasteiger partial charge in [0.05, 0.1) is 11.4 Å². The van der Waals surface area contributed by atoms with E-state index >= 15 is 0 Å². The van der Waals surface area contributed by atoms with Gasteiger partial charge >= 0.3 is 0 Å². The van der Waals surface area contributed by atoms with Gasteiger partial charge in [0.25, 0.3) is 0 Å². The van der Waals surface area contributed by atoms with E-state index in [4.69, 9.17) is 15.6 Å². The predicted octanol–water partition coefficient (Wildman–Crippen LogP) is 5.30. The molecule has 33 heavy (non-hydrogen) atoms. The lowest BCUT2D eigenvalue weighted by Gasteiger charge is -2.40. The van der Waals surface area contributed by atoms with Crippen molar-refractivity contribution in [2.75, 3.05) is 18.8 Å². The lowest BCUT2D eigenvalue weighted by atomic mass is 9.98. The Morgan fingerprint density at radius 3 is 2.24 bits per heavy atom. The zero-order chi connectivity index (χ0) is 23.0. The van der Waals surface area contributed by atoms with Gasteiger partial charge in [0.2, 0.25) is 0 Å². The summed E-state index contributed by atoms with van der Waals surface area (Å²) in [6.07, 6.45) is 3.59. The molecule has 2 N–H and O–H groups in total. The van der Waals surface area contributed by atoms with Crippen LogP contribution in [0.4, 0.5) is 5.82 Å². The monoisotopic (exact) mass is 442 g/mol. The van der Waals surface area contributed by atoms with E-state index in [0.717, 1.165) is 59.7 Å². The van der Waals surface area contributed by atoms with Crippen LogP contribution in [-0.4, -0.2) is 43.3 Å². The van der Waals surface area contributed by atoms with Gasteiger partial charge in [-0.2, -0.15) is 5.10 Å². The molecule has 1 aliphatic rings. The fraction of sp³-hybridized carbons (Fsp3) is 0.346. The van der Waals surface area contributed by atoms with E-state index in [9.17, 15) is 0 Å². The summed E-state index contributed by atoms with van der Waals surface area (Å²) < 4.78 is 8.01. The largest absolute Gasteiger partial charge is 0.457 e. The third-order valence-electron chi connectivity index (χ3n) is 6.38. The normalized spacial score (nSPS) is 15.7. The van der Waals surface area contributed by atoms with Gasteiger partial charge in [-0.15, -0.1) is 0 Å². The van der Waals surface area contributed by atoms with E-state index in [1.54, 1.807) is 0 Å². The zero-order valence-corrected chi connectivity index (χ0v) is 19.4. The van der Waals surface area contributed by atoms with Gasteiger partial charge in [0.1, 0.15) is 29.3 Å². The topological polar surface area (TPSA) is 82.1 Å². The lowest BCUT2D eigenvalue weighted by molar-refractivity contribution is 0.0880. The van der Waals surface area contributed by atoms with Crippen LogP contribution in [0.5, 0.6) is 11.5 Å². The van der Waals surface area contributed by atoms with Crippen molar-refractivity contribution in [1.29, 1.82) is 0 Å².